The van der Waals surface area contributed by atoms with Gasteiger partial charge in [-0.25, -0.2) is 15.0 Å². The Hall–Kier alpha value is -3.82. The largest absolute Gasteiger partial charge is 0.346 e. The van der Waals surface area contributed by atoms with Crippen LogP contribution in [0.2, 0.25) is 5.02 Å². The number of fused-ring (bicyclic) bond motifs is 3. The van der Waals surface area contributed by atoms with Crippen LogP contribution in [0.3, 0.4) is 0 Å². The summed E-state index contributed by atoms with van der Waals surface area (Å²) in [5.74, 6) is 0.0568. The summed E-state index contributed by atoms with van der Waals surface area (Å²) >= 11 is 7.66. The lowest BCUT2D eigenvalue weighted by Gasteiger charge is -2.11. The van der Waals surface area contributed by atoms with Gasteiger partial charge in [-0.3, -0.25) is 9.59 Å². The Morgan fingerprint density at radius 1 is 1.18 bits per heavy atom. The second kappa shape index (κ2) is 9.20. The Balaban J connectivity index is 1.32. The van der Waals surface area contributed by atoms with Gasteiger partial charge in [0.25, 0.3) is 5.91 Å². The summed E-state index contributed by atoms with van der Waals surface area (Å²) in [6.07, 6.45) is 1.82. The molecule has 1 aliphatic rings. The Bertz CT molecular complexity index is 1400. The van der Waals surface area contributed by atoms with Gasteiger partial charge in [-0.05, 0) is 49.4 Å². The number of rotatable bonds is 5. The average molecular weight is 491 g/mol. The Labute approximate surface area is 204 Å². The number of nitrogens with one attached hydrogen (secondary N) is 3. The molecule has 0 unspecified atom stereocenters. The third-order valence-corrected chi connectivity index (χ3v) is 6.28. The van der Waals surface area contributed by atoms with E-state index in [9.17, 15) is 9.59 Å². The van der Waals surface area contributed by atoms with Crippen molar-refractivity contribution in [2.75, 3.05) is 10.6 Å². The molecule has 10 heteroatoms. The van der Waals surface area contributed by atoms with E-state index in [2.05, 4.69) is 30.9 Å². The molecule has 0 saturated heterocycles. The smallest absolute Gasteiger partial charge is 0.251 e. The van der Waals surface area contributed by atoms with E-state index in [1.807, 2.05) is 18.4 Å². The fraction of sp³-hybridized carbons (Fsp3) is 0.125. The van der Waals surface area contributed by atoms with E-state index in [0.717, 1.165) is 27.5 Å². The molecule has 0 aliphatic carbocycles. The average Bonchev–Trinajstić information content (AvgIpc) is 3.18. The van der Waals surface area contributed by atoms with Crippen LogP contribution in [0.25, 0.3) is 11.3 Å². The quantitative estimate of drug-likeness (QED) is 0.373. The van der Waals surface area contributed by atoms with Crippen LogP contribution in [0.4, 0.5) is 17.3 Å². The van der Waals surface area contributed by atoms with Gasteiger partial charge in [0.15, 0.2) is 0 Å². The van der Waals surface area contributed by atoms with Gasteiger partial charge in [-0.2, -0.15) is 0 Å². The zero-order valence-corrected chi connectivity index (χ0v) is 19.6. The molecule has 0 spiro atoms. The Kier molecular flexibility index (Phi) is 5.95. The highest BCUT2D eigenvalue weighted by molar-refractivity contribution is 7.09. The molecule has 5 rings (SSSR count). The Morgan fingerprint density at radius 2 is 2.00 bits per heavy atom. The number of carbonyl (C=O) groups is 2. The third-order valence-electron chi connectivity index (χ3n) is 5.23. The van der Waals surface area contributed by atoms with Crippen LogP contribution in [-0.4, -0.2) is 26.8 Å². The molecule has 2 aromatic carbocycles. The molecule has 4 aromatic rings. The first-order valence-corrected chi connectivity index (χ1v) is 11.7. The van der Waals surface area contributed by atoms with Crippen molar-refractivity contribution in [3.8, 4) is 11.3 Å². The van der Waals surface area contributed by atoms with E-state index in [1.54, 1.807) is 53.9 Å². The predicted octanol–water partition coefficient (Wildman–Crippen LogP) is 4.73. The van der Waals surface area contributed by atoms with E-state index in [1.165, 1.54) is 0 Å². The summed E-state index contributed by atoms with van der Waals surface area (Å²) in [6, 6.07) is 12.3. The molecule has 0 atom stereocenters. The van der Waals surface area contributed by atoms with E-state index in [4.69, 9.17) is 11.6 Å². The molecule has 0 saturated carbocycles. The van der Waals surface area contributed by atoms with Crippen molar-refractivity contribution in [3.63, 3.8) is 0 Å². The molecule has 0 bridgehead atoms. The van der Waals surface area contributed by atoms with Crippen molar-refractivity contribution in [3.05, 3.63) is 80.9 Å². The summed E-state index contributed by atoms with van der Waals surface area (Å²) in [4.78, 5) is 38.0. The molecular weight excluding hydrogens is 472 g/mol. The summed E-state index contributed by atoms with van der Waals surface area (Å²) < 4.78 is 0. The van der Waals surface area contributed by atoms with Crippen molar-refractivity contribution >= 4 is 52.1 Å². The van der Waals surface area contributed by atoms with E-state index in [-0.39, 0.29) is 18.2 Å². The summed E-state index contributed by atoms with van der Waals surface area (Å²) in [5, 5.41) is 12.3. The van der Waals surface area contributed by atoms with Crippen LogP contribution in [0, 0.1) is 6.92 Å². The topological polar surface area (TPSA) is 109 Å². The number of anilines is 3. The van der Waals surface area contributed by atoms with Crippen molar-refractivity contribution in [1.82, 2.24) is 20.3 Å². The van der Waals surface area contributed by atoms with Gasteiger partial charge < -0.3 is 16.0 Å². The van der Waals surface area contributed by atoms with Gasteiger partial charge in [0, 0.05) is 39.0 Å². The van der Waals surface area contributed by atoms with Crippen LogP contribution in [0.15, 0.2) is 54.0 Å². The summed E-state index contributed by atoms with van der Waals surface area (Å²) in [7, 11) is 0. The highest BCUT2D eigenvalue weighted by atomic mass is 35.5. The predicted molar refractivity (Wildman–Crippen MR) is 133 cm³/mol. The summed E-state index contributed by atoms with van der Waals surface area (Å²) in [5.41, 5.74) is 4.89. The molecule has 2 aromatic heterocycles. The molecule has 2 amide bonds. The number of hydrogen-bond acceptors (Lipinski definition) is 7. The number of aromatic nitrogens is 3. The van der Waals surface area contributed by atoms with Gasteiger partial charge >= 0.3 is 0 Å². The first-order chi connectivity index (χ1) is 16.4. The van der Waals surface area contributed by atoms with Crippen LogP contribution in [0.5, 0.6) is 0 Å². The van der Waals surface area contributed by atoms with Gasteiger partial charge in [-0.1, -0.05) is 11.6 Å². The lowest BCUT2D eigenvalue weighted by molar-refractivity contribution is -0.115. The maximum absolute atomic E-state index is 12.4. The number of nitrogens with zero attached hydrogens (tertiary/aromatic N) is 3. The number of hydrogen-bond donors (Lipinski definition) is 3. The van der Waals surface area contributed by atoms with Crippen LogP contribution in [-0.2, 0) is 17.8 Å². The van der Waals surface area contributed by atoms with Crippen LogP contribution in [0.1, 0.15) is 26.6 Å². The van der Waals surface area contributed by atoms with Gasteiger partial charge in [0.05, 0.1) is 35.0 Å². The molecular formula is C24H19ClN6O2S. The van der Waals surface area contributed by atoms with Crippen LogP contribution < -0.4 is 16.0 Å². The van der Waals surface area contributed by atoms with E-state index < -0.39 is 0 Å². The van der Waals surface area contributed by atoms with Gasteiger partial charge in [-0.15, -0.1) is 11.3 Å². The molecule has 3 heterocycles. The first-order valence-electron chi connectivity index (χ1n) is 10.5. The zero-order valence-electron chi connectivity index (χ0n) is 18.1. The van der Waals surface area contributed by atoms with E-state index in [0.29, 0.717) is 34.5 Å². The first kappa shape index (κ1) is 22.0. The lowest BCUT2D eigenvalue weighted by Crippen LogP contribution is -2.22. The molecule has 0 radical (unpaired) electrons. The number of amides is 2. The molecule has 170 valence electrons. The normalized spacial score (nSPS) is 12.2. The fourth-order valence-electron chi connectivity index (χ4n) is 3.62. The lowest BCUT2D eigenvalue weighted by atomic mass is 10.1. The molecule has 0 fully saturated rings. The second-order valence-electron chi connectivity index (χ2n) is 7.73. The number of aryl methyl sites for hydroxylation is 1. The van der Waals surface area contributed by atoms with Crippen LogP contribution >= 0.6 is 22.9 Å². The third kappa shape index (κ3) is 4.75. The minimum atomic E-state index is -0.175. The minimum absolute atomic E-state index is 0.148. The zero-order chi connectivity index (χ0) is 23.7. The molecule has 3 N–H and O–H groups in total. The van der Waals surface area contributed by atoms with Crippen molar-refractivity contribution in [1.29, 1.82) is 0 Å². The van der Waals surface area contributed by atoms with E-state index >= 15 is 0 Å². The fourth-order valence-corrected chi connectivity index (χ4v) is 4.40. The van der Waals surface area contributed by atoms with Crippen molar-refractivity contribution in [2.24, 2.45) is 0 Å². The maximum atomic E-state index is 12.4. The highest BCUT2D eigenvalue weighted by Gasteiger charge is 2.21. The molecule has 8 nitrogen and oxygen atoms in total. The molecule has 34 heavy (non-hydrogen) atoms. The highest BCUT2D eigenvalue weighted by Crippen LogP contribution is 2.34. The second-order valence-corrected chi connectivity index (χ2v) is 9.22. The maximum Gasteiger partial charge on any atom is 0.251 e. The number of benzene rings is 2. The molecule has 1 aliphatic heterocycles. The van der Waals surface area contributed by atoms with Crippen molar-refractivity contribution < 1.29 is 9.59 Å². The SMILES string of the molecule is Cc1nc(CNC(=O)c2ccc(Nc3ncc4c(n3)-c3ccc(Cl)cc3NC(=O)C4)cc2)cs1. The van der Waals surface area contributed by atoms with Gasteiger partial charge in [0.2, 0.25) is 11.9 Å². The monoisotopic (exact) mass is 490 g/mol. The standard InChI is InChI=1S/C24H19ClN6O2S/c1-13-28-18(12-34-13)11-26-23(33)14-2-5-17(6-3-14)29-24-27-10-15-8-21(32)30-20-9-16(25)4-7-19(20)22(15)31-24/h2-7,9-10,12H,8,11H2,1H3,(H,26,33)(H,30,32)(H,27,29,31). The number of carbonyl (C=O) groups excluding carboxylic acids is 2. The number of halogens is 1. The van der Waals surface area contributed by atoms with Crippen molar-refractivity contribution in [2.45, 2.75) is 19.9 Å². The number of thiazole rings is 1. The Morgan fingerprint density at radius 3 is 2.76 bits per heavy atom. The van der Waals surface area contributed by atoms with Gasteiger partial charge in [0.1, 0.15) is 0 Å². The summed E-state index contributed by atoms with van der Waals surface area (Å²) in [6.45, 7) is 2.32. The minimum Gasteiger partial charge on any atom is -0.346 e.